The van der Waals surface area contributed by atoms with Gasteiger partial charge in [-0.3, -0.25) is 14.9 Å². The first-order chi connectivity index (χ1) is 9.49. The number of ether oxygens (including phenoxy) is 2. The van der Waals surface area contributed by atoms with Crippen molar-refractivity contribution in [1.82, 2.24) is 0 Å². The summed E-state index contributed by atoms with van der Waals surface area (Å²) in [5.74, 6) is -0.307. The Bertz CT molecular complexity index is 492. The number of amides is 1. The van der Waals surface area contributed by atoms with Crippen LogP contribution >= 0.6 is 0 Å². The van der Waals surface area contributed by atoms with E-state index in [2.05, 4.69) is 5.32 Å². The third kappa shape index (κ3) is 4.18. The zero-order valence-electron chi connectivity index (χ0n) is 11.3. The smallest absolute Gasteiger partial charge is 0.312 e. The molecule has 0 aliphatic heterocycles. The van der Waals surface area contributed by atoms with Gasteiger partial charge >= 0.3 is 5.69 Å². The normalized spacial score (nSPS) is 11.8. The largest absolute Gasteiger partial charge is 0.490 e. The lowest BCUT2D eigenvalue weighted by atomic mass is 10.2. The van der Waals surface area contributed by atoms with Crippen LogP contribution in [-0.4, -0.2) is 37.7 Å². The number of nitrogens with zero attached hydrogens (tertiary/aromatic N) is 1. The summed E-state index contributed by atoms with van der Waals surface area (Å²) in [6, 6.07) is 3.40. The quantitative estimate of drug-likeness (QED) is 0.567. The van der Waals surface area contributed by atoms with Crippen molar-refractivity contribution in [2.24, 2.45) is 5.73 Å². The number of nitrogens with one attached hydrogen (secondary N) is 1. The van der Waals surface area contributed by atoms with Crippen LogP contribution in [0.4, 0.5) is 11.4 Å². The molecule has 20 heavy (non-hydrogen) atoms. The number of hydrogen-bond donors (Lipinski definition) is 2. The molecule has 1 aromatic rings. The molecular weight excluding hydrogens is 266 g/mol. The Hall–Kier alpha value is -2.19. The fraction of sp³-hybridized carbons (Fsp3) is 0.417. The monoisotopic (exact) mass is 283 g/mol. The van der Waals surface area contributed by atoms with Gasteiger partial charge in [0, 0.05) is 25.5 Å². The highest BCUT2D eigenvalue weighted by atomic mass is 16.6. The van der Waals surface area contributed by atoms with Crippen LogP contribution in [0, 0.1) is 10.1 Å². The summed E-state index contributed by atoms with van der Waals surface area (Å²) in [6.45, 7) is 0.358. The van der Waals surface area contributed by atoms with Crippen LogP contribution in [0.5, 0.6) is 5.75 Å². The minimum absolute atomic E-state index is 0.122. The van der Waals surface area contributed by atoms with E-state index in [1.54, 1.807) is 0 Å². The fourth-order valence-electron chi connectivity index (χ4n) is 1.52. The summed E-state index contributed by atoms with van der Waals surface area (Å²) in [4.78, 5) is 22.0. The molecular formula is C12H17N3O5. The molecule has 0 fully saturated rings. The highest BCUT2D eigenvalue weighted by Crippen LogP contribution is 2.29. The molecule has 0 heterocycles. The van der Waals surface area contributed by atoms with Gasteiger partial charge in [0.15, 0.2) is 5.75 Å². The molecule has 0 aromatic heterocycles. The number of nitro groups is 1. The number of nitrogens with two attached hydrogens (primary N) is 1. The molecule has 3 N–H and O–H groups in total. The predicted octanol–water partition coefficient (Wildman–Crippen LogP) is 0.906. The summed E-state index contributed by atoms with van der Waals surface area (Å²) in [6.07, 6.45) is 0.362. The molecule has 0 saturated heterocycles. The van der Waals surface area contributed by atoms with E-state index in [1.807, 2.05) is 0 Å². The maximum Gasteiger partial charge on any atom is 0.312 e. The van der Waals surface area contributed by atoms with Crippen LogP contribution in [0.3, 0.4) is 0 Å². The summed E-state index contributed by atoms with van der Waals surface area (Å²) in [5.41, 5.74) is 5.72. The number of methoxy groups -OCH3 is 2. The van der Waals surface area contributed by atoms with E-state index in [9.17, 15) is 14.9 Å². The molecule has 0 radical (unpaired) electrons. The first-order valence-corrected chi connectivity index (χ1v) is 5.87. The number of hydrogen-bond acceptors (Lipinski definition) is 6. The average Bonchev–Trinajstić information content (AvgIpc) is 2.44. The maximum atomic E-state index is 11.8. The van der Waals surface area contributed by atoms with E-state index in [-0.39, 0.29) is 17.1 Å². The molecule has 0 aliphatic rings. The summed E-state index contributed by atoms with van der Waals surface area (Å²) in [7, 11) is 2.85. The minimum Gasteiger partial charge on any atom is -0.490 e. The number of carbonyl (C=O) groups is 1. The van der Waals surface area contributed by atoms with Crippen LogP contribution in [-0.2, 0) is 9.53 Å². The Morgan fingerprint density at radius 2 is 2.20 bits per heavy atom. The molecule has 1 unspecified atom stereocenters. The van der Waals surface area contributed by atoms with Gasteiger partial charge in [-0.15, -0.1) is 0 Å². The second-order valence-electron chi connectivity index (χ2n) is 4.02. The Morgan fingerprint density at radius 1 is 1.50 bits per heavy atom. The van der Waals surface area contributed by atoms with Crippen LogP contribution in [0.1, 0.15) is 6.42 Å². The number of benzene rings is 1. The molecule has 1 amide bonds. The lowest BCUT2D eigenvalue weighted by Gasteiger charge is -2.12. The second-order valence-corrected chi connectivity index (χ2v) is 4.02. The van der Waals surface area contributed by atoms with E-state index in [0.717, 1.165) is 0 Å². The third-order valence-corrected chi connectivity index (χ3v) is 2.61. The van der Waals surface area contributed by atoms with Gasteiger partial charge in [-0.05, 0) is 18.6 Å². The molecule has 1 atom stereocenters. The lowest BCUT2D eigenvalue weighted by molar-refractivity contribution is -0.385. The van der Waals surface area contributed by atoms with E-state index in [0.29, 0.717) is 13.0 Å². The first-order valence-electron chi connectivity index (χ1n) is 5.87. The highest BCUT2D eigenvalue weighted by Gasteiger charge is 2.18. The molecule has 0 aliphatic carbocycles. The molecule has 0 saturated carbocycles. The maximum absolute atomic E-state index is 11.8. The number of carbonyl (C=O) groups excluding carboxylic acids is 1. The van der Waals surface area contributed by atoms with Gasteiger partial charge in [-0.2, -0.15) is 0 Å². The standard InChI is InChI=1S/C12H17N3O5/c1-19-6-5-9(13)12(16)14-8-3-4-11(20-2)10(7-8)15(17)18/h3-4,7,9H,5-6,13H2,1-2H3,(H,14,16). The Labute approximate surface area is 116 Å². The van der Waals surface area contributed by atoms with E-state index < -0.39 is 16.9 Å². The highest BCUT2D eigenvalue weighted by molar-refractivity contribution is 5.95. The van der Waals surface area contributed by atoms with Crippen LogP contribution in [0.25, 0.3) is 0 Å². The van der Waals surface area contributed by atoms with Gasteiger partial charge in [-0.25, -0.2) is 0 Å². The van der Waals surface area contributed by atoms with Crippen LogP contribution in [0.2, 0.25) is 0 Å². The van der Waals surface area contributed by atoms with Crippen molar-refractivity contribution in [2.45, 2.75) is 12.5 Å². The lowest BCUT2D eigenvalue weighted by Crippen LogP contribution is -2.36. The van der Waals surface area contributed by atoms with Crippen molar-refractivity contribution < 1.29 is 19.2 Å². The van der Waals surface area contributed by atoms with Crippen molar-refractivity contribution in [3.05, 3.63) is 28.3 Å². The average molecular weight is 283 g/mol. The Balaban J connectivity index is 2.80. The molecule has 1 aromatic carbocycles. The van der Waals surface area contributed by atoms with Gasteiger partial charge in [0.25, 0.3) is 0 Å². The molecule has 1 rings (SSSR count). The zero-order valence-corrected chi connectivity index (χ0v) is 11.3. The summed E-state index contributed by atoms with van der Waals surface area (Å²) < 4.78 is 9.70. The van der Waals surface area contributed by atoms with Crippen molar-refractivity contribution in [3.63, 3.8) is 0 Å². The number of anilines is 1. The van der Waals surface area contributed by atoms with Crippen LogP contribution in [0.15, 0.2) is 18.2 Å². The third-order valence-electron chi connectivity index (χ3n) is 2.61. The van der Waals surface area contributed by atoms with Crippen molar-refractivity contribution >= 4 is 17.3 Å². The van der Waals surface area contributed by atoms with E-state index in [4.69, 9.17) is 15.2 Å². The topological polar surface area (TPSA) is 117 Å². The van der Waals surface area contributed by atoms with Crippen molar-refractivity contribution in [3.8, 4) is 5.75 Å². The number of rotatable bonds is 7. The predicted molar refractivity (Wildman–Crippen MR) is 72.7 cm³/mol. The van der Waals surface area contributed by atoms with Gasteiger partial charge in [0.2, 0.25) is 5.91 Å². The van der Waals surface area contributed by atoms with Gasteiger partial charge in [0.1, 0.15) is 0 Å². The van der Waals surface area contributed by atoms with E-state index >= 15 is 0 Å². The van der Waals surface area contributed by atoms with Crippen molar-refractivity contribution in [1.29, 1.82) is 0 Å². The second kappa shape index (κ2) is 7.41. The molecule has 0 bridgehead atoms. The molecule has 8 nitrogen and oxygen atoms in total. The van der Waals surface area contributed by atoms with Gasteiger partial charge in [-0.1, -0.05) is 0 Å². The Kier molecular flexibility index (Phi) is 5.88. The van der Waals surface area contributed by atoms with E-state index in [1.165, 1.54) is 32.4 Å². The SMILES string of the molecule is COCCC(N)C(=O)Nc1ccc(OC)c([N+](=O)[O-])c1. The zero-order chi connectivity index (χ0) is 15.1. The molecule has 110 valence electrons. The summed E-state index contributed by atoms with van der Waals surface area (Å²) in [5, 5.41) is 13.4. The molecule has 8 heteroatoms. The van der Waals surface area contributed by atoms with Gasteiger partial charge < -0.3 is 20.5 Å². The number of nitro benzene ring substituents is 1. The summed E-state index contributed by atoms with van der Waals surface area (Å²) >= 11 is 0. The van der Waals surface area contributed by atoms with Gasteiger partial charge in [0.05, 0.1) is 18.1 Å². The minimum atomic E-state index is -0.740. The molecule has 0 spiro atoms. The fourth-order valence-corrected chi connectivity index (χ4v) is 1.52. The Morgan fingerprint density at radius 3 is 2.75 bits per heavy atom. The van der Waals surface area contributed by atoms with Crippen LogP contribution < -0.4 is 15.8 Å². The van der Waals surface area contributed by atoms with Crippen molar-refractivity contribution in [2.75, 3.05) is 26.1 Å². The first kappa shape index (κ1) is 15.9.